The molecular formula is C28H31N3O6S. The maximum absolute atomic E-state index is 13.4. The molecule has 0 aliphatic carbocycles. The molecule has 3 aromatic rings. The molecule has 0 saturated carbocycles. The SMILES string of the molecule is Cc1ccccc1N(CC(=O)N/N=C\c1ccc(OCC(=O)OC(C)(C)C)cc1)S(=O)(=O)c1ccccc1. The Bertz CT molecular complexity index is 1380. The molecular weight excluding hydrogens is 506 g/mol. The first kappa shape index (κ1) is 28.4. The molecule has 0 bridgehead atoms. The number of hydrazone groups is 1. The van der Waals surface area contributed by atoms with Crippen LogP contribution in [0, 0.1) is 6.92 Å². The highest BCUT2D eigenvalue weighted by Crippen LogP contribution is 2.26. The van der Waals surface area contributed by atoms with Crippen LogP contribution in [0.15, 0.2) is 88.9 Å². The number of hydrogen-bond donors (Lipinski definition) is 1. The van der Waals surface area contributed by atoms with Crippen LogP contribution in [-0.2, 0) is 24.3 Å². The molecule has 9 nitrogen and oxygen atoms in total. The van der Waals surface area contributed by atoms with Crippen LogP contribution in [0.1, 0.15) is 31.9 Å². The van der Waals surface area contributed by atoms with E-state index in [0.29, 0.717) is 22.6 Å². The lowest BCUT2D eigenvalue weighted by Crippen LogP contribution is -2.40. The van der Waals surface area contributed by atoms with Gasteiger partial charge in [0.25, 0.3) is 15.9 Å². The maximum atomic E-state index is 13.4. The number of amides is 1. The minimum Gasteiger partial charge on any atom is -0.482 e. The number of hydrogen-bond acceptors (Lipinski definition) is 7. The number of aryl methyl sites for hydroxylation is 1. The van der Waals surface area contributed by atoms with Crippen LogP contribution in [0.3, 0.4) is 0 Å². The van der Waals surface area contributed by atoms with Crippen molar-refractivity contribution in [1.29, 1.82) is 0 Å². The molecule has 0 heterocycles. The predicted octanol–water partition coefficient (Wildman–Crippen LogP) is 4.06. The number of sulfonamides is 1. The molecule has 0 aliphatic heterocycles. The second-order valence-corrected chi connectivity index (χ2v) is 11.2. The van der Waals surface area contributed by atoms with Crippen molar-refractivity contribution in [3.05, 3.63) is 90.0 Å². The number of benzene rings is 3. The fourth-order valence-electron chi connectivity index (χ4n) is 3.37. The lowest BCUT2D eigenvalue weighted by atomic mass is 10.2. The summed E-state index contributed by atoms with van der Waals surface area (Å²) < 4.78 is 38.4. The molecule has 0 fully saturated rings. The number of esters is 1. The van der Waals surface area contributed by atoms with Crippen LogP contribution in [0.25, 0.3) is 0 Å². The maximum Gasteiger partial charge on any atom is 0.344 e. The van der Waals surface area contributed by atoms with Crippen molar-refractivity contribution in [1.82, 2.24) is 5.43 Å². The first-order chi connectivity index (χ1) is 18.0. The van der Waals surface area contributed by atoms with Gasteiger partial charge in [0.05, 0.1) is 16.8 Å². The molecule has 0 aromatic heterocycles. The molecule has 0 atom stereocenters. The van der Waals surface area contributed by atoms with E-state index in [1.165, 1.54) is 18.3 Å². The Morgan fingerprint density at radius 3 is 2.21 bits per heavy atom. The molecule has 200 valence electrons. The fourth-order valence-corrected chi connectivity index (χ4v) is 4.88. The molecule has 1 amide bonds. The Morgan fingerprint density at radius 1 is 0.947 bits per heavy atom. The lowest BCUT2D eigenvalue weighted by molar-refractivity contribution is -0.157. The average molecular weight is 538 g/mol. The van der Waals surface area contributed by atoms with Gasteiger partial charge in [-0.2, -0.15) is 5.10 Å². The third-order valence-corrected chi connectivity index (χ3v) is 6.84. The standard InChI is InChI=1S/C28H31N3O6S/c1-21-10-8-9-13-25(21)31(38(34,35)24-11-6-5-7-12-24)19-26(32)30-29-18-22-14-16-23(17-15-22)36-20-27(33)37-28(2,3)4/h5-18H,19-20H2,1-4H3,(H,30,32)/b29-18-. The number of carbonyl (C=O) groups is 2. The third-order valence-electron chi connectivity index (χ3n) is 5.06. The number of para-hydroxylation sites is 1. The minimum absolute atomic E-state index is 0.0773. The molecule has 0 saturated heterocycles. The molecule has 1 N–H and O–H groups in total. The van der Waals surface area contributed by atoms with Gasteiger partial charge in [0.1, 0.15) is 17.9 Å². The Balaban J connectivity index is 1.64. The topological polar surface area (TPSA) is 114 Å². The second kappa shape index (κ2) is 12.4. The summed E-state index contributed by atoms with van der Waals surface area (Å²) in [5.74, 6) is -0.613. The minimum atomic E-state index is -4.00. The molecule has 10 heteroatoms. The second-order valence-electron chi connectivity index (χ2n) is 9.35. The number of rotatable bonds is 10. The number of anilines is 1. The summed E-state index contributed by atoms with van der Waals surface area (Å²) >= 11 is 0. The van der Waals surface area contributed by atoms with Crippen molar-refractivity contribution in [3.63, 3.8) is 0 Å². The zero-order valence-corrected chi connectivity index (χ0v) is 22.6. The Hall–Kier alpha value is -4.18. The normalized spacial score (nSPS) is 11.7. The first-order valence-electron chi connectivity index (χ1n) is 11.9. The summed E-state index contributed by atoms with van der Waals surface area (Å²) in [6.07, 6.45) is 1.42. The molecule has 3 aromatic carbocycles. The summed E-state index contributed by atoms with van der Waals surface area (Å²) in [7, 11) is -4.00. The van der Waals surface area contributed by atoms with E-state index in [-0.39, 0.29) is 11.5 Å². The van der Waals surface area contributed by atoms with E-state index >= 15 is 0 Å². The smallest absolute Gasteiger partial charge is 0.344 e. The number of nitrogens with one attached hydrogen (secondary N) is 1. The van der Waals surface area contributed by atoms with Crippen molar-refractivity contribution >= 4 is 33.8 Å². The fraction of sp³-hybridized carbons (Fsp3) is 0.250. The third kappa shape index (κ3) is 8.17. The first-order valence-corrected chi connectivity index (χ1v) is 13.3. The van der Waals surface area contributed by atoms with E-state index in [1.54, 1.807) is 94.4 Å². The van der Waals surface area contributed by atoms with Crippen LogP contribution in [0.5, 0.6) is 5.75 Å². The summed E-state index contributed by atoms with van der Waals surface area (Å²) in [5, 5.41) is 3.95. The van der Waals surface area contributed by atoms with Crippen LogP contribution in [0.2, 0.25) is 0 Å². The van der Waals surface area contributed by atoms with E-state index in [0.717, 1.165) is 4.31 Å². The van der Waals surface area contributed by atoms with E-state index in [4.69, 9.17) is 9.47 Å². The number of carbonyl (C=O) groups excluding carboxylic acids is 2. The lowest BCUT2D eigenvalue weighted by Gasteiger charge is -2.25. The van der Waals surface area contributed by atoms with Crippen LogP contribution < -0.4 is 14.5 Å². The van der Waals surface area contributed by atoms with Gasteiger partial charge in [-0.3, -0.25) is 9.10 Å². The van der Waals surface area contributed by atoms with Gasteiger partial charge in [-0.15, -0.1) is 0 Å². The van der Waals surface area contributed by atoms with Gasteiger partial charge in [0, 0.05) is 0 Å². The Labute approximate surface area is 223 Å². The van der Waals surface area contributed by atoms with Gasteiger partial charge in [0.2, 0.25) is 0 Å². The molecule has 0 aliphatic rings. The van der Waals surface area contributed by atoms with Crippen molar-refractivity contribution in [3.8, 4) is 5.75 Å². The van der Waals surface area contributed by atoms with E-state index < -0.39 is 34.0 Å². The largest absolute Gasteiger partial charge is 0.482 e. The molecule has 3 rings (SSSR count). The highest BCUT2D eigenvalue weighted by atomic mass is 32.2. The Kier molecular flexibility index (Phi) is 9.25. The van der Waals surface area contributed by atoms with Gasteiger partial charge in [0.15, 0.2) is 6.61 Å². The highest BCUT2D eigenvalue weighted by molar-refractivity contribution is 7.92. The van der Waals surface area contributed by atoms with Crippen LogP contribution >= 0.6 is 0 Å². The monoisotopic (exact) mass is 537 g/mol. The Morgan fingerprint density at radius 2 is 1.58 bits per heavy atom. The van der Waals surface area contributed by atoms with E-state index in [9.17, 15) is 18.0 Å². The predicted molar refractivity (Wildman–Crippen MR) is 146 cm³/mol. The van der Waals surface area contributed by atoms with Crippen molar-refractivity contribution in [2.75, 3.05) is 17.5 Å². The van der Waals surface area contributed by atoms with Gasteiger partial charge >= 0.3 is 5.97 Å². The number of ether oxygens (including phenoxy) is 2. The van der Waals surface area contributed by atoms with Crippen LogP contribution in [-0.4, -0.2) is 45.3 Å². The van der Waals surface area contributed by atoms with Gasteiger partial charge in [-0.05, 0) is 81.3 Å². The summed E-state index contributed by atoms with van der Waals surface area (Å²) in [4.78, 5) is 24.6. The molecule has 38 heavy (non-hydrogen) atoms. The van der Waals surface area contributed by atoms with Crippen molar-refractivity contribution in [2.24, 2.45) is 5.10 Å². The summed E-state index contributed by atoms with van der Waals surface area (Å²) in [6.45, 7) is 6.43. The quantitative estimate of drug-likeness (QED) is 0.237. The zero-order valence-electron chi connectivity index (χ0n) is 21.7. The highest BCUT2D eigenvalue weighted by Gasteiger charge is 2.28. The van der Waals surface area contributed by atoms with Crippen LogP contribution in [0.4, 0.5) is 5.69 Å². The summed E-state index contributed by atoms with van der Waals surface area (Å²) in [6, 6.07) is 21.6. The number of nitrogens with zero attached hydrogens (tertiary/aromatic N) is 2. The molecule has 0 radical (unpaired) electrons. The zero-order chi connectivity index (χ0) is 27.8. The van der Waals surface area contributed by atoms with E-state index in [2.05, 4.69) is 10.5 Å². The van der Waals surface area contributed by atoms with Crippen molar-refractivity contribution in [2.45, 2.75) is 38.2 Å². The van der Waals surface area contributed by atoms with Gasteiger partial charge in [-0.25, -0.2) is 18.6 Å². The van der Waals surface area contributed by atoms with Crippen molar-refractivity contribution < 1.29 is 27.5 Å². The van der Waals surface area contributed by atoms with Gasteiger partial charge < -0.3 is 9.47 Å². The summed E-state index contributed by atoms with van der Waals surface area (Å²) in [5.41, 5.74) is 3.55. The molecule has 0 spiro atoms. The van der Waals surface area contributed by atoms with E-state index in [1.807, 2.05) is 0 Å². The average Bonchev–Trinajstić information content (AvgIpc) is 2.87. The molecule has 0 unspecified atom stereocenters. The van der Waals surface area contributed by atoms with Gasteiger partial charge in [-0.1, -0.05) is 36.4 Å².